The van der Waals surface area contributed by atoms with Crippen LogP contribution in [0.4, 0.5) is 0 Å². The van der Waals surface area contributed by atoms with Crippen molar-refractivity contribution in [3.05, 3.63) is 18.0 Å². The van der Waals surface area contributed by atoms with Gasteiger partial charge in [0, 0.05) is 6.54 Å². The predicted molar refractivity (Wildman–Crippen MR) is 48.4 cm³/mol. The van der Waals surface area contributed by atoms with Gasteiger partial charge in [-0.1, -0.05) is 5.92 Å². The molecule has 1 aromatic rings. The summed E-state index contributed by atoms with van der Waals surface area (Å²) in [5, 5.41) is 4.09. The van der Waals surface area contributed by atoms with Crippen molar-refractivity contribution < 1.29 is 0 Å². The lowest BCUT2D eigenvalue weighted by Gasteiger charge is -1.96. The van der Waals surface area contributed by atoms with Gasteiger partial charge in [-0.15, -0.1) is 0 Å². The van der Waals surface area contributed by atoms with Crippen LogP contribution in [0.3, 0.4) is 0 Å². The molecule has 0 fully saturated rings. The van der Waals surface area contributed by atoms with Gasteiger partial charge < -0.3 is 5.73 Å². The maximum absolute atomic E-state index is 5.50. The minimum absolute atomic E-state index is 0.0785. The molecule has 0 amide bonds. The average Bonchev–Trinajstić information content (AvgIpc) is 2.47. The van der Waals surface area contributed by atoms with Crippen LogP contribution in [-0.2, 0) is 6.54 Å². The number of nitrogens with two attached hydrogens (primary N) is 1. The Balaban J connectivity index is 2.83. The van der Waals surface area contributed by atoms with E-state index in [2.05, 4.69) is 16.9 Å². The highest BCUT2D eigenvalue weighted by molar-refractivity contribution is 5.28. The second kappa shape index (κ2) is 3.93. The first kappa shape index (κ1) is 8.82. The van der Waals surface area contributed by atoms with E-state index in [0.717, 1.165) is 12.2 Å². The molecule has 0 spiro atoms. The smallest absolute Gasteiger partial charge is 0.111 e. The van der Waals surface area contributed by atoms with Crippen molar-refractivity contribution in [3.8, 4) is 11.8 Å². The van der Waals surface area contributed by atoms with E-state index in [1.165, 1.54) is 0 Å². The van der Waals surface area contributed by atoms with E-state index in [4.69, 9.17) is 5.73 Å². The Bertz CT molecular complexity index is 301. The van der Waals surface area contributed by atoms with E-state index in [1.54, 1.807) is 6.20 Å². The van der Waals surface area contributed by atoms with E-state index in [-0.39, 0.29) is 6.04 Å². The monoisotopic (exact) mass is 163 g/mol. The van der Waals surface area contributed by atoms with E-state index in [1.807, 2.05) is 24.6 Å². The van der Waals surface area contributed by atoms with Crippen LogP contribution in [0, 0.1) is 11.8 Å². The van der Waals surface area contributed by atoms with Crippen LogP contribution in [0.15, 0.2) is 12.3 Å². The Morgan fingerprint density at radius 3 is 3.08 bits per heavy atom. The van der Waals surface area contributed by atoms with Crippen LogP contribution in [0.2, 0.25) is 0 Å². The Hall–Kier alpha value is -1.27. The van der Waals surface area contributed by atoms with Crippen LogP contribution in [0.25, 0.3) is 0 Å². The molecule has 64 valence electrons. The van der Waals surface area contributed by atoms with Gasteiger partial charge in [-0.05, 0) is 25.8 Å². The van der Waals surface area contributed by atoms with E-state index in [9.17, 15) is 0 Å². The third-order valence-electron chi connectivity index (χ3n) is 1.44. The Morgan fingerprint density at radius 2 is 2.50 bits per heavy atom. The standard InChI is InChI=1S/C9H13N3/c1-3-12-9(6-7-11-12)5-4-8(2)10/h6-8H,3,10H2,1-2H3. The highest BCUT2D eigenvalue weighted by atomic mass is 15.3. The van der Waals surface area contributed by atoms with Crippen LogP contribution in [0.5, 0.6) is 0 Å². The van der Waals surface area contributed by atoms with Gasteiger partial charge in [0.1, 0.15) is 5.69 Å². The second-order valence-electron chi connectivity index (χ2n) is 2.59. The van der Waals surface area contributed by atoms with E-state index in [0.29, 0.717) is 0 Å². The van der Waals surface area contributed by atoms with Crippen LogP contribution < -0.4 is 5.73 Å². The van der Waals surface area contributed by atoms with Gasteiger partial charge in [0.05, 0.1) is 12.2 Å². The van der Waals surface area contributed by atoms with Gasteiger partial charge in [-0.25, -0.2) is 0 Å². The summed E-state index contributed by atoms with van der Waals surface area (Å²) in [5.74, 6) is 5.86. The molecule has 0 saturated carbocycles. The number of nitrogens with zero attached hydrogens (tertiary/aromatic N) is 2. The molecule has 3 nitrogen and oxygen atoms in total. The van der Waals surface area contributed by atoms with Gasteiger partial charge in [0.15, 0.2) is 0 Å². The molecule has 0 aliphatic carbocycles. The van der Waals surface area contributed by atoms with Gasteiger partial charge in [-0.3, -0.25) is 4.68 Å². The molecule has 1 aromatic heterocycles. The van der Waals surface area contributed by atoms with Gasteiger partial charge in [-0.2, -0.15) is 5.10 Å². The molecule has 0 aliphatic rings. The number of aryl methyl sites for hydroxylation is 1. The Kier molecular flexibility index (Phi) is 2.89. The SMILES string of the molecule is CCn1nccc1C#CC(C)N. The minimum atomic E-state index is -0.0785. The fraction of sp³-hybridized carbons (Fsp3) is 0.444. The highest BCUT2D eigenvalue weighted by Gasteiger charge is 1.94. The first-order chi connectivity index (χ1) is 5.74. The van der Waals surface area contributed by atoms with Crippen LogP contribution in [0.1, 0.15) is 19.5 Å². The molecule has 2 N–H and O–H groups in total. The Morgan fingerprint density at radius 1 is 1.75 bits per heavy atom. The van der Waals surface area contributed by atoms with Crippen LogP contribution >= 0.6 is 0 Å². The zero-order chi connectivity index (χ0) is 8.97. The zero-order valence-electron chi connectivity index (χ0n) is 7.41. The molecule has 1 rings (SSSR count). The lowest BCUT2D eigenvalue weighted by molar-refractivity contribution is 0.652. The van der Waals surface area contributed by atoms with E-state index < -0.39 is 0 Å². The third-order valence-corrected chi connectivity index (χ3v) is 1.44. The quantitative estimate of drug-likeness (QED) is 0.616. The number of rotatable bonds is 1. The fourth-order valence-electron chi connectivity index (χ4n) is 0.879. The normalized spacial score (nSPS) is 11.9. The largest absolute Gasteiger partial charge is 0.318 e. The molecule has 12 heavy (non-hydrogen) atoms. The van der Waals surface area contributed by atoms with Crippen molar-refractivity contribution in [2.24, 2.45) is 5.73 Å². The maximum Gasteiger partial charge on any atom is 0.111 e. The van der Waals surface area contributed by atoms with Crippen molar-refractivity contribution in [1.29, 1.82) is 0 Å². The summed E-state index contributed by atoms with van der Waals surface area (Å²) in [4.78, 5) is 0. The molecular weight excluding hydrogens is 150 g/mol. The summed E-state index contributed by atoms with van der Waals surface area (Å²) in [6.45, 7) is 4.74. The predicted octanol–water partition coefficient (Wildman–Crippen LogP) is 0.602. The molecule has 0 radical (unpaired) electrons. The van der Waals surface area contributed by atoms with Crippen molar-refractivity contribution in [1.82, 2.24) is 9.78 Å². The van der Waals surface area contributed by atoms with Crippen molar-refractivity contribution >= 4 is 0 Å². The lowest BCUT2D eigenvalue weighted by Crippen LogP contribution is -2.11. The summed E-state index contributed by atoms with van der Waals surface area (Å²) in [6.07, 6.45) is 1.74. The molecule has 1 unspecified atom stereocenters. The third kappa shape index (κ3) is 2.11. The van der Waals surface area contributed by atoms with Crippen LogP contribution in [-0.4, -0.2) is 15.8 Å². The molecule has 0 aliphatic heterocycles. The first-order valence-electron chi connectivity index (χ1n) is 4.03. The van der Waals surface area contributed by atoms with E-state index >= 15 is 0 Å². The summed E-state index contributed by atoms with van der Waals surface area (Å²) in [7, 11) is 0. The summed E-state index contributed by atoms with van der Waals surface area (Å²) < 4.78 is 1.84. The summed E-state index contributed by atoms with van der Waals surface area (Å²) >= 11 is 0. The molecule has 0 saturated heterocycles. The van der Waals surface area contributed by atoms with Crippen molar-refractivity contribution in [2.45, 2.75) is 26.4 Å². The molecule has 0 bridgehead atoms. The lowest BCUT2D eigenvalue weighted by atomic mass is 10.3. The number of hydrogen-bond donors (Lipinski definition) is 1. The van der Waals surface area contributed by atoms with Gasteiger partial charge in [0.25, 0.3) is 0 Å². The number of aromatic nitrogens is 2. The molecule has 0 aromatic carbocycles. The average molecular weight is 163 g/mol. The molecule has 1 heterocycles. The summed E-state index contributed by atoms with van der Waals surface area (Å²) in [6, 6.07) is 1.81. The number of hydrogen-bond acceptors (Lipinski definition) is 2. The first-order valence-corrected chi connectivity index (χ1v) is 4.03. The van der Waals surface area contributed by atoms with Gasteiger partial charge >= 0.3 is 0 Å². The highest BCUT2D eigenvalue weighted by Crippen LogP contribution is 1.95. The molecule has 1 atom stereocenters. The fourth-order valence-corrected chi connectivity index (χ4v) is 0.879. The van der Waals surface area contributed by atoms with Crippen molar-refractivity contribution in [3.63, 3.8) is 0 Å². The van der Waals surface area contributed by atoms with Gasteiger partial charge in [0.2, 0.25) is 0 Å². The molecule has 3 heteroatoms. The molecular formula is C9H13N3. The summed E-state index contributed by atoms with van der Waals surface area (Å²) in [5.41, 5.74) is 6.42. The zero-order valence-corrected chi connectivity index (χ0v) is 7.41. The Labute approximate surface area is 72.6 Å². The second-order valence-corrected chi connectivity index (χ2v) is 2.59. The topological polar surface area (TPSA) is 43.8 Å². The van der Waals surface area contributed by atoms with Crippen molar-refractivity contribution in [2.75, 3.05) is 0 Å². The maximum atomic E-state index is 5.50. The minimum Gasteiger partial charge on any atom is -0.318 e.